The minimum absolute atomic E-state index is 0.592. The summed E-state index contributed by atoms with van der Waals surface area (Å²) in [7, 11) is 0. The molecule has 0 nitrogen and oxygen atoms in total. The van der Waals surface area contributed by atoms with Crippen LogP contribution in [0.15, 0.2) is 47.6 Å². The molecule has 0 heteroatoms. The lowest BCUT2D eigenvalue weighted by Gasteiger charge is -2.27. The topological polar surface area (TPSA) is 0 Å². The molecule has 3 unspecified atom stereocenters. The van der Waals surface area contributed by atoms with Crippen LogP contribution in [0.2, 0.25) is 0 Å². The highest BCUT2D eigenvalue weighted by atomic mass is 14.3. The molecule has 15 heavy (non-hydrogen) atoms. The van der Waals surface area contributed by atoms with Crippen LogP contribution in [0, 0.1) is 17.8 Å². The summed E-state index contributed by atoms with van der Waals surface area (Å²) in [5.41, 5.74) is 3.02. The first-order chi connectivity index (χ1) is 7.18. The Hall–Kier alpha value is -1.04. The fraction of sp³-hybridized carbons (Fsp3) is 0.467. The van der Waals surface area contributed by atoms with E-state index < -0.39 is 0 Å². The van der Waals surface area contributed by atoms with Gasteiger partial charge in [0.1, 0.15) is 0 Å². The average Bonchev–Trinajstić information content (AvgIpc) is 2.23. The second-order valence-electron chi connectivity index (χ2n) is 4.88. The minimum Gasteiger partial charge on any atom is -0.0808 e. The summed E-state index contributed by atoms with van der Waals surface area (Å²) in [6.45, 7) is 6.85. The van der Waals surface area contributed by atoms with Crippen LogP contribution in [0.25, 0.3) is 0 Å². The molecule has 0 aromatic carbocycles. The van der Waals surface area contributed by atoms with Crippen molar-refractivity contribution in [2.24, 2.45) is 17.8 Å². The Labute approximate surface area is 93.1 Å². The first-order valence-electron chi connectivity index (χ1n) is 5.92. The third kappa shape index (κ3) is 2.14. The Bertz CT molecular complexity index is 352. The highest BCUT2D eigenvalue weighted by Gasteiger charge is 2.21. The molecule has 0 saturated heterocycles. The molecule has 0 aliphatic heterocycles. The zero-order valence-corrected chi connectivity index (χ0v) is 9.90. The first-order valence-corrected chi connectivity index (χ1v) is 5.92. The van der Waals surface area contributed by atoms with Crippen molar-refractivity contribution in [2.75, 3.05) is 0 Å². The zero-order valence-electron chi connectivity index (χ0n) is 9.90. The standard InChI is InChI=1S/C15H20/c1-11-8-9-13(3)15(10-11)14-7-5-4-6-12(14)2/h4-7,9-12,14H,8H2,1-3H3. The van der Waals surface area contributed by atoms with Gasteiger partial charge in [-0.3, -0.25) is 0 Å². The second-order valence-corrected chi connectivity index (χ2v) is 4.88. The van der Waals surface area contributed by atoms with E-state index in [1.54, 1.807) is 5.57 Å². The van der Waals surface area contributed by atoms with Crippen molar-refractivity contribution in [3.63, 3.8) is 0 Å². The Kier molecular flexibility index (Phi) is 2.95. The quantitative estimate of drug-likeness (QED) is 0.592. The predicted octanol–water partition coefficient (Wildman–Crippen LogP) is 4.28. The molecule has 0 fully saturated rings. The summed E-state index contributed by atoms with van der Waals surface area (Å²) in [6.07, 6.45) is 15.0. The van der Waals surface area contributed by atoms with Crippen molar-refractivity contribution in [1.82, 2.24) is 0 Å². The van der Waals surface area contributed by atoms with E-state index in [2.05, 4.69) is 57.2 Å². The van der Waals surface area contributed by atoms with Gasteiger partial charge in [0.25, 0.3) is 0 Å². The van der Waals surface area contributed by atoms with Crippen molar-refractivity contribution in [1.29, 1.82) is 0 Å². The molecular formula is C15H20. The number of hydrogen-bond acceptors (Lipinski definition) is 0. The Balaban J connectivity index is 2.26. The highest BCUT2D eigenvalue weighted by Crippen LogP contribution is 2.34. The van der Waals surface area contributed by atoms with E-state index in [1.165, 1.54) is 12.0 Å². The summed E-state index contributed by atoms with van der Waals surface area (Å²) < 4.78 is 0. The van der Waals surface area contributed by atoms with Crippen LogP contribution in [-0.2, 0) is 0 Å². The van der Waals surface area contributed by atoms with Gasteiger partial charge in [0.15, 0.2) is 0 Å². The largest absolute Gasteiger partial charge is 0.0808 e. The summed E-state index contributed by atoms with van der Waals surface area (Å²) in [4.78, 5) is 0. The van der Waals surface area contributed by atoms with Crippen molar-refractivity contribution in [2.45, 2.75) is 27.2 Å². The van der Waals surface area contributed by atoms with Gasteiger partial charge in [-0.05, 0) is 30.8 Å². The summed E-state index contributed by atoms with van der Waals surface area (Å²) in [5, 5.41) is 0. The molecule has 2 aliphatic rings. The lowest BCUT2D eigenvalue weighted by Crippen LogP contribution is -2.15. The number of hydrogen-bond donors (Lipinski definition) is 0. The van der Waals surface area contributed by atoms with Gasteiger partial charge >= 0.3 is 0 Å². The molecule has 0 aromatic heterocycles. The SMILES string of the molecule is CC1=CCC(C)C=C1C1C=CC=CC1C. The van der Waals surface area contributed by atoms with Gasteiger partial charge in [0.05, 0.1) is 0 Å². The van der Waals surface area contributed by atoms with E-state index >= 15 is 0 Å². The Morgan fingerprint density at radius 2 is 1.87 bits per heavy atom. The smallest absolute Gasteiger partial charge is 0.00808 e. The maximum atomic E-state index is 2.46. The normalized spacial score (nSPS) is 35.0. The molecule has 0 N–H and O–H groups in total. The zero-order chi connectivity index (χ0) is 10.8. The third-order valence-corrected chi connectivity index (χ3v) is 3.49. The molecule has 0 radical (unpaired) electrons. The fourth-order valence-electron chi connectivity index (χ4n) is 2.47. The van der Waals surface area contributed by atoms with Crippen molar-refractivity contribution in [3.05, 3.63) is 47.6 Å². The molecule has 3 atom stereocenters. The Morgan fingerprint density at radius 1 is 1.13 bits per heavy atom. The average molecular weight is 200 g/mol. The summed E-state index contributed by atoms with van der Waals surface area (Å²) >= 11 is 0. The highest BCUT2D eigenvalue weighted by molar-refractivity contribution is 5.39. The molecule has 2 rings (SSSR count). The van der Waals surface area contributed by atoms with E-state index in [4.69, 9.17) is 0 Å². The van der Waals surface area contributed by atoms with Crippen LogP contribution in [0.1, 0.15) is 27.2 Å². The minimum atomic E-state index is 0.592. The van der Waals surface area contributed by atoms with E-state index in [-0.39, 0.29) is 0 Å². The summed E-state index contributed by atoms with van der Waals surface area (Å²) in [6, 6.07) is 0. The van der Waals surface area contributed by atoms with E-state index in [9.17, 15) is 0 Å². The van der Waals surface area contributed by atoms with Crippen LogP contribution in [-0.4, -0.2) is 0 Å². The first kappa shape index (κ1) is 10.5. The van der Waals surface area contributed by atoms with E-state index in [0.717, 1.165) is 0 Å². The van der Waals surface area contributed by atoms with Crippen LogP contribution >= 0.6 is 0 Å². The molecule has 0 aromatic rings. The van der Waals surface area contributed by atoms with Gasteiger partial charge in [-0.15, -0.1) is 0 Å². The molecule has 0 bridgehead atoms. The van der Waals surface area contributed by atoms with E-state index in [0.29, 0.717) is 17.8 Å². The van der Waals surface area contributed by atoms with Gasteiger partial charge in [-0.1, -0.05) is 55.9 Å². The summed E-state index contributed by atoms with van der Waals surface area (Å²) in [5.74, 6) is 1.93. The van der Waals surface area contributed by atoms with Gasteiger partial charge in [0.2, 0.25) is 0 Å². The van der Waals surface area contributed by atoms with Crippen molar-refractivity contribution >= 4 is 0 Å². The molecule has 2 aliphatic carbocycles. The van der Waals surface area contributed by atoms with Gasteiger partial charge in [0, 0.05) is 5.92 Å². The van der Waals surface area contributed by atoms with Gasteiger partial charge in [-0.2, -0.15) is 0 Å². The lowest BCUT2D eigenvalue weighted by atomic mass is 9.77. The molecule has 80 valence electrons. The van der Waals surface area contributed by atoms with Crippen molar-refractivity contribution in [3.8, 4) is 0 Å². The molecule has 0 saturated carbocycles. The predicted molar refractivity (Wildman–Crippen MR) is 66.6 cm³/mol. The maximum absolute atomic E-state index is 2.46. The van der Waals surface area contributed by atoms with Gasteiger partial charge < -0.3 is 0 Å². The number of rotatable bonds is 1. The maximum Gasteiger partial charge on any atom is 0.00808 e. The second kappa shape index (κ2) is 4.22. The molecule has 0 heterocycles. The third-order valence-electron chi connectivity index (χ3n) is 3.49. The lowest BCUT2D eigenvalue weighted by molar-refractivity contribution is 0.565. The number of allylic oxidation sites excluding steroid dienone is 8. The van der Waals surface area contributed by atoms with Crippen molar-refractivity contribution < 1.29 is 0 Å². The van der Waals surface area contributed by atoms with E-state index in [1.807, 2.05) is 0 Å². The fourth-order valence-corrected chi connectivity index (χ4v) is 2.47. The van der Waals surface area contributed by atoms with Crippen LogP contribution in [0.3, 0.4) is 0 Å². The molecular weight excluding hydrogens is 180 g/mol. The molecule has 0 spiro atoms. The monoisotopic (exact) mass is 200 g/mol. The van der Waals surface area contributed by atoms with Crippen LogP contribution in [0.5, 0.6) is 0 Å². The van der Waals surface area contributed by atoms with Crippen LogP contribution in [0.4, 0.5) is 0 Å². The van der Waals surface area contributed by atoms with Gasteiger partial charge in [-0.25, -0.2) is 0 Å². The Morgan fingerprint density at radius 3 is 2.60 bits per heavy atom. The van der Waals surface area contributed by atoms with Crippen LogP contribution < -0.4 is 0 Å². The molecule has 0 amide bonds.